The monoisotopic (exact) mass is 345 g/mol. The number of halogens is 1. The van der Waals surface area contributed by atoms with Gasteiger partial charge in [0, 0.05) is 38.4 Å². The van der Waals surface area contributed by atoms with Gasteiger partial charge in [-0.05, 0) is 42.3 Å². The molecule has 2 amide bonds. The van der Waals surface area contributed by atoms with Crippen molar-refractivity contribution in [2.75, 3.05) is 26.0 Å². The summed E-state index contributed by atoms with van der Waals surface area (Å²) in [5.74, 6) is 0. The van der Waals surface area contributed by atoms with Crippen LogP contribution in [0.4, 0.5) is 10.5 Å². The molecule has 0 aromatic heterocycles. The molecule has 1 unspecified atom stereocenters. The molecule has 0 aliphatic heterocycles. The second kappa shape index (κ2) is 8.06. The Kier molecular flexibility index (Phi) is 6.10. The number of carbonyl (C=O) groups is 1. The molecule has 1 atom stereocenters. The van der Waals surface area contributed by atoms with Crippen molar-refractivity contribution < 1.29 is 4.79 Å². The van der Waals surface area contributed by atoms with Crippen LogP contribution >= 0.6 is 11.6 Å². The molecule has 0 radical (unpaired) electrons. The molecule has 0 saturated carbocycles. The topological polar surface area (TPSA) is 35.6 Å². The molecule has 2 aromatic carbocycles. The fourth-order valence-electron chi connectivity index (χ4n) is 2.38. The average molecular weight is 346 g/mol. The Labute approximate surface area is 149 Å². The van der Waals surface area contributed by atoms with Gasteiger partial charge in [0.2, 0.25) is 0 Å². The van der Waals surface area contributed by atoms with E-state index in [1.165, 1.54) is 0 Å². The number of rotatable bonds is 5. The van der Waals surface area contributed by atoms with Gasteiger partial charge >= 0.3 is 6.03 Å². The van der Waals surface area contributed by atoms with Crippen LogP contribution in [0.15, 0.2) is 48.5 Å². The van der Waals surface area contributed by atoms with E-state index in [2.05, 4.69) is 17.4 Å². The first-order chi connectivity index (χ1) is 11.4. The SMILES string of the molecule is CC(NC(=O)N(C)Cc1ccc(N(C)C)cc1)c1ccc(Cl)cc1. The molecule has 1 N–H and O–H groups in total. The maximum absolute atomic E-state index is 12.4. The van der Waals surface area contributed by atoms with E-state index < -0.39 is 0 Å². The lowest BCUT2D eigenvalue weighted by molar-refractivity contribution is 0.203. The van der Waals surface area contributed by atoms with E-state index in [-0.39, 0.29) is 12.1 Å². The zero-order chi connectivity index (χ0) is 17.7. The predicted molar refractivity (Wildman–Crippen MR) is 101 cm³/mol. The van der Waals surface area contributed by atoms with Gasteiger partial charge in [0.25, 0.3) is 0 Å². The van der Waals surface area contributed by atoms with Gasteiger partial charge < -0.3 is 15.1 Å². The maximum atomic E-state index is 12.4. The van der Waals surface area contributed by atoms with Crippen LogP contribution in [0.5, 0.6) is 0 Å². The summed E-state index contributed by atoms with van der Waals surface area (Å²) < 4.78 is 0. The lowest BCUT2D eigenvalue weighted by Crippen LogP contribution is -2.38. The zero-order valence-electron chi connectivity index (χ0n) is 14.6. The number of amides is 2. The summed E-state index contributed by atoms with van der Waals surface area (Å²) in [6.07, 6.45) is 0. The first kappa shape index (κ1) is 18.1. The molecule has 0 heterocycles. The van der Waals surface area contributed by atoms with Crippen LogP contribution in [0, 0.1) is 0 Å². The number of hydrogen-bond donors (Lipinski definition) is 1. The Balaban J connectivity index is 1.92. The van der Waals surface area contributed by atoms with Crippen molar-refractivity contribution in [1.82, 2.24) is 10.2 Å². The summed E-state index contributed by atoms with van der Waals surface area (Å²) in [5, 5.41) is 3.69. The third-order valence-electron chi connectivity index (χ3n) is 3.93. The molecule has 0 aliphatic rings. The molecule has 4 nitrogen and oxygen atoms in total. The van der Waals surface area contributed by atoms with Crippen molar-refractivity contribution in [3.05, 3.63) is 64.7 Å². The lowest BCUT2D eigenvalue weighted by atomic mass is 10.1. The number of nitrogens with one attached hydrogen (secondary N) is 1. The minimum atomic E-state index is -0.103. The molecule has 5 heteroatoms. The van der Waals surface area contributed by atoms with Gasteiger partial charge in [0.05, 0.1) is 6.04 Å². The highest BCUT2D eigenvalue weighted by molar-refractivity contribution is 6.30. The third kappa shape index (κ3) is 4.90. The van der Waals surface area contributed by atoms with E-state index >= 15 is 0 Å². The maximum Gasteiger partial charge on any atom is 0.317 e. The highest BCUT2D eigenvalue weighted by Crippen LogP contribution is 2.17. The number of anilines is 1. The first-order valence-electron chi connectivity index (χ1n) is 7.90. The predicted octanol–water partition coefficient (Wildman–Crippen LogP) is 4.31. The lowest BCUT2D eigenvalue weighted by Gasteiger charge is -2.22. The minimum absolute atomic E-state index is 0.0756. The van der Waals surface area contributed by atoms with Crippen LogP contribution < -0.4 is 10.2 Å². The number of nitrogens with zero attached hydrogens (tertiary/aromatic N) is 2. The van der Waals surface area contributed by atoms with Gasteiger partial charge in [0.1, 0.15) is 0 Å². The second-order valence-corrected chi connectivity index (χ2v) is 6.58. The van der Waals surface area contributed by atoms with E-state index in [9.17, 15) is 4.79 Å². The summed E-state index contributed by atoms with van der Waals surface area (Å²) in [5.41, 5.74) is 3.26. The van der Waals surface area contributed by atoms with Crippen molar-refractivity contribution in [2.45, 2.75) is 19.5 Å². The smallest absolute Gasteiger partial charge is 0.317 e. The van der Waals surface area contributed by atoms with Gasteiger partial charge in [-0.1, -0.05) is 35.9 Å². The normalized spacial score (nSPS) is 11.7. The number of hydrogen-bond acceptors (Lipinski definition) is 2. The summed E-state index contributed by atoms with van der Waals surface area (Å²) >= 11 is 5.89. The van der Waals surface area contributed by atoms with Gasteiger partial charge in [0.15, 0.2) is 0 Å². The molecule has 0 saturated heterocycles. The largest absolute Gasteiger partial charge is 0.378 e. The van der Waals surface area contributed by atoms with E-state index in [4.69, 9.17) is 11.6 Å². The van der Waals surface area contributed by atoms with Gasteiger partial charge in [-0.3, -0.25) is 0 Å². The molecule has 2 aromatic rings. The average Bonchev–Trinajstić information content (AvgIpc) is 2.55. The van der Waals surface area contributed by atoms with Crippen LogP contribution in [-0.2, 0) is 6.54 Å². The third-order valence-corrected chi connectivity index (χ3v) is 4.18. The fraction of sp³-hybridized carbons (Fsp3) is 0.316. The summed E-state index contributed by atoms with van der Waals surface area (Å²) in [4.78, 5) is 16.1. The van der Waals surface area contributed by atoms with Crippen molar-refractivity contribution >= 4 is 23.3 Å². The first-order valence-corrected chi connectivity index (χ1v) is 8.28. The van der Waals surface area contributed by atoms with Crippen LogP contribution in [-0.4, -0.2) is 32.1 Å². The Morgan fingerprint density at radius 3 is 2.17 bits per heavy atom. The molecule has 0 bridgehead atoms. The van der Waals surface area contributed by atoms with E-state index in [0.717, 1.165) is 16.8 Å². The summed E-state index contributed by atoms with van der Waals surface area (Å²) in [7, 11) is 5.81. The number of urea groups is 1. The number of benzene rings is 2. The zero-order valence-corrected chi connectivity index (χ0v) is 15.3. The molecule has 0 fully saturated rings. The molecular formula is C19H24ClN3O. The number of carbonyl (C=O) groups excluding carboxylic acids is 1. The second-order valence-electron chi connectivity index (χ2n) is 6.14. The van der Waals surface area contributed by atoms with Gasteiger partial charge in [-0.15, -0.1) is 0 Å². The Morgan fingerprint density at radius 1 is 1.04 bits per heavy atom. The van der Waals surface area contributed by atoms with Crippen molar-refractivity contribution in [1.29, 1.82) is 0 Å². The molecular weight excluding hydrogens is 322 g/mol. The highest BCUT2D eigenvalue weighted by Gasteiger charge is 2.13. The van der Waals surface area contributed by atoms with Gasteiger partial charge in [-0.25, -0.2) is 4.79 Å². The Morgan fingerprint density at radius 2 is 1.62 bits per heavy atom. The van der Waals surface area contributed by atoms with E-state index in [1.807, 2.05) is 62.3 Å². The Bertz CT molecular complexity index is 668. The molecule has 0 spiro atoms. The summed E-state index contributed by atoms with van der Waals surface area (Å²) in [6, 6.07) is 15.5. The summed E-state index contributed by atoms with van der Waals surface area (Å²) in [6.45, 7) is 2.52. The van der Waals surface area contributed by atoms with Crippen molar-refractivity contribution in [3.63, 3.8) is 0 Å². The molecule has 128 valence electrons. The van der Waals surface area contributed by atoms with E-state index in [1.54, 1.807) is 11.9 Å². The Hall–Kier alpha value is -2.20. The molecule has 0 aliphatic carbocycles. The fourth-order valence-corrected chi connectivity index (χ4v) is 2.50. The van der Waals surface area contributed by atoms with Crippen molar-refractivity contribution in [3.8, 4) is 0 Å². The van der Waals surface area contributed by atoms with Crippen LogP contribution in [0.2, 0.25) is 5.02 Å². The molecule has 2 rings (SSSR count). The standard InChI is InChI=1S/C19H24ClN3O/c1-14(16-7-9-17(20)10-8-16)21-19(24)23(4)13-15-5-11-18(12-6-15)22(2)3/h5-12,14H,13H2,1-4H3,(H,21,24). The highest BCUT2D eigenvalue weighted by atomic mass is 35.5. The quantitative estimate of drug-likeness (QED) is 0.876. The van der Waals surface area contributed by atoms with Crippen LogP contribution in [0.3, 0.4) is 0 Å². The van der Waals surface area contributed by atoms with E-state index in [0.29, 0.717) is 11.6 Å². The van der Waals surface area contributed by atoms with Crippen molar-refractivity contribution in [2.24, 2.45) is 0 Å². The van der Waals surface area contributed by atoms with Gasteiger partial charge in [-0.2, -0.15) is 0 Å². The van der Waals surface area contributed by atoms with Crippen LogP contribution in [0.25, 0.3) is 0 Å². The molecule has 24 heavy (non-hydrogen) atoms. The minimum Gasteiger partial charge on any atom is -0.378 e. The van der Waals surface area contributed by atoms with Crippen LogP contribution in [0.1, 0.15) is 24.1 Å².